The Labute approximate surface area is 131 Å². The molecular formula is C15H16N4O4. The Morgan fingerprint density at radius 1 is 1.17 bits per heavy atom. The average molecular weight is 316 g/mol. The molecule has 3 heterocycles. The number of H-pyrrole nitrogens is 1. The summed E-state index contributed by atoms with van der Waals surface area (Å²) in [7, 11) is 1.96. The van der Waals surface area contributed by atoms with E-state index in [2.05, 4.69) is 14.9 Å². The number of piperazine rings is 1. The van der Waals surface area contributed by atoms with E-state index in [1.807, 2.05) is 7.05 Å². The third kappa shape index (κ3) is 2.68. The molecule has 0 unspecified atom stereocenters. The van der Waals surface area contributed by atoms with Crippen molar-refractivity contribution in [2.24, 2.45) is 0 Å². The first kappa shape index (κ1) is 15.2. The lowest BCUT2D eigenvalue weighted by molar-refractivity contribution is -0.127. The van der Waals surface area contributed by atoms with E-state index in [1.165, 1.54) is 23.4 Å². The molecule has 2 N–H and O–H groups in total. The molecular weight excluding hydrogens is 300 g/mol. The van der Waals surface area contributed by atoms with E-state index < -0.39 is 17.7 Å². The molecule has 3 rings (SSSR count). The maximum Gasteiger partial charge on any atom is 0.337 e. The van der Waals surface area contributed by atoms with Crippen LogP contribution in [-0.2, 0) is 4.79 Å². The molecule has 2 aromatic heterocycles. The molecule has 1 saturated heterocycles. The number of aromatic nitrogens is 2. The number of carboxylic acids is 1. The Morgan fingerprint density at radius 3 is 2.52 bits per heavy atom. The number of rotatable bonds is 3. The predicted molar refractivity (Wildman–Crippen MR) is 81.5 cm³/mol. The minimum absolute atomic E-state index is 0.0149. The minimum Gasteiger partial charge on any atom is -0.478 e. The molecule has 0 bridgehead atoms. The number of aromatic amines is 1. The number of carboxylic acid groups (broad SMARTS) is 1. The highest BCUT2D eigenvalue weighted by molar-refractivity contribution is 6.44. The Kier molecular flexibility index (Phi) is 3.83. The van der Waals surface area contributed by atoms with Crippen molar-refractivity contribution < 1.29 is 19.5 Å². The average Bonchev–Trinajstić information content (AvgIpc) is 2.98. The van der Waals surface area contributed by atoms with Crippen LogP contribution in [0.3, 0.4) is 0 Å². The third-order valence-corrected chi connectivity index (χ3v) is 4.03. The molecule has 0 aromatic carbocycles. The number of pyridine rings is 1. The number of carbonyl (C=O) groups is 3. The number of hydrogen-bond donors (Lipinski definition) is 2. The topological polar surface area (TPSA) is 107 Å². The molecule has 1 fully saturated rings. The van der Waals surface area contributed by atoms with Gasteiger partial charge in [0.1, 0.15) is 5.52 Å². The van der Waals surface area contributed by atoms with Gasteiger partial charge in [-0.15, -0.1) is 0 Å². The van der Waals surface area contributed by atoms with Crippen LogP contribution in [0.1, 0.15) is 20.7 Å². The van der Waals surface area contributed by atoms with Gasteiger partial charge in [0.15, 0.2) is 0 Å². The fourth-order valence-corrected chi connectivity index (χ4v) is 2.64. The molecule has 0 atom stereocenters. The van der Waals surface area contributed by atoms with Crippen LogP contribution in [0.2, 0.25) is 0 Å². The molecule has 0 aliphatic carbocycles. The second kappa shape index (κ2) is 5.81. The van der Waals surface area contributed by atoms with Gasteiger partial charge in [-0.05, 0) is 13.1 Å². The maximum absolute atomic E-state index is 12.5. The number of amides is 1. The van der Waals surface area contributed by atoms with Crippen LogP contribution in [0.15, 0.2) is 18.5 Å². The van der Waals surface area contributed by atoms with Crippen LogP contribution < -0.4 is 0 Å². The lowest BCUT2D eigenvalue weighted by Gasteiger charge is -2.31. The summed E-state index contributed by atoms with van der Waals surface area (Å²) in [4.78, 5) is 46.4. The lowest BCUT2D eigenvalue weighted by atomic mass is 10.1. The van der Waals surface area contributed by atoms with E-state index in [0.717, 1.165) is 0 Å². The van der Waals surface area contributed by atoms with E-state index in [1.54, 1.807) is 0 Å². The molecule has 8 nitrogen and oxygen atoms in total. The predicted octanol–water partition coefficient (Wildman–Crippen LogP) is 0.218. The summed E-state index contributed by atoms with van der Waals surface area (Å²) in [5.41, 5.74) is 0.569. The number of fused-ring (bicyclic) bond motifs is 1. The molecule has 1 amide bonds. The van der Waals surface area contributed by atoms with E-state index >= 15 is 0 Å². The largest absolute Gasteiger partial charge is 0.478 e. The quantitative estimate of drug-likeness (QED) is 0.619. The van der Waals surface area contributed by atoms with Crippen LogP contribution in [0, 0.1) is 0 Å². The van der Waals surface area contributed by atoms with Gasteiger partial charge < -0.3 is 19.9 Å². The third-order valence-electron chi connectivity index (χ3n) is 4.03. The Balaban J connectivity index is 1.91. The van der Waals surface area contributed by atoms with Gasteiger partial charge in [0.25, 0.3) is 11.7 Å². The standard InChI is InChI=1S/C15H16N4O4/c1-18-4-6-19(7-5-18)14(21)13(20)10-8-17-11-9(15(22)23)2-3-16-12(10)11/h2-3,8,17H,4-7H2,1H3,(H,22,23). The van der Waals surface area contributed by atoms with E-state index in [9.17, 15) is 14.4 Å². The number of Topliss-reactive ketones (excluding diaryl/α,β-unsaturated/α-hetero) is 1. The highest BCUT2D eigenvalue weighted by Crippen LogP contribution is 2.20. The number of nitrogens with zero attached hydrogens (tertiary/aromatic N) is 3. The number of aromatic carboxylic acids is 1. The fraction of sp³-hybridized carbons (Fsp3) is 0.333. The zero-order valence-corrected chi connectivity index (χ0v) is 12.6. The van der Waals surface area contributed by atoms with Gasteiger partial charge in [-0.25, -0.2) is 4.79 Å². The molecule has 1 aliphatic rings. The normalized spacial score (nSPS) is 15.8. The smallest absolute Gasteiger partial charge is 0.337 e. The van der Waals surface area contributed by atoms with Crippen molar-refractivity contribution in [3.8, 4) is 0 Å². The number of nitrogens with one attached hydrogen (secondary N) is 1. The number of likely N-dealkylation sites (N-methyl/N-ethyl adjacent to an activating group) is 1. The summed E-state index contributed by atoms with van der Waals surface area (Å²) in [6.07, 6.45) is 2.66. The van der Waals surface area contributed by atoms with E-state index in [0.29, 0.717) is 26.2 Å². The first-order valence-electron chi connectivity index (χ1n) is 7.20. The molecule has 120 valence electrons. The first-order valence-corrected chi connectivity index (χ1v) is 7.20. The van der Waals surface area contributed by atoms with Crippen LogP contribution in [0.4, 0.5) is 0 Å². The maximum atomic E-state index is 12.5. The second-order valence-electron chi connectivity index (χ2n) is 5.51. The molecule has 0 spiro atoms. The summed E-state index contributed by atoms with van der Waals surface area (Å²) in [5, 5.41) is 9.16. The van der Waals surface area contributed by atoms with E-state index in [4.69, 9.17) is 5.11 Å². The highest BCUT2D eigenvalue weighted by Gasteiger charge is 2.28. The van der Waals surface area contributed by atoms with Crippen LogP contribution in [0.5, 0.6) is 0 Å². The van der Waals surface area contributed by atoms with Gasteiger partial charge in [0.05, 0.1) is 16.6 Å². The zero-order chi connectivity index (χ0) is 16.6. The zero-order valence-electron chi connectivity index (χ0n) is 12.6. The molecule has 2 aromatic rings. The summed E-state index contributed by atoms with van der Waals surface area (Å²) >= 11 is 0. The Bertz CT molecular complexity index is 790. The van der Waals surface area contributed by atoms with Crippen molar-refractivity contribution in [2.75, 3.05) is 33.2 Å². The van der Waals surface area contributed by atoms with Gasteiger partial charge in [0.2, 0.25) is 0 Å². The van der Waals surface area contributed by atoms with Crippen LogP contribution >= 0.6 is 0 Å². The summed E-state index contributed by atoms with van der Waals surface area (Å²) < 4.78 is 0. The van der Waals surface area contributed by atoms with Crippen molar-refractivity contribution in [1.82, 2.24) is 19.8 Å². The molecule has 0 saturated carbocycles. The minimum atomic E-state index is -1.12. The SMILES string of the molecule is CN1CCN(C(=O)C(=O)c2c[nH]c3c(C(=O)O)ccnc23)CC1. The first-order chi connectivity index (χ1) is 11.0. The van der Waals surface area contributed by atoms with Crippen molar-refractivity contribution >= 4 is 28.7 Å². The number of carbonyl (C=O) groups excluding carboxylic acids is 2. The second-order valence-corrected chi connectivity index (χ2v) is 5.51. The lowest BCUT2D eigenvalue weighted by Crippen LogP contribution is -2.49. The number of ketones is 1. The van der Waals surface area contributed by atoms with Crippen molar-refractivity contribution in [3.05, 3.63) is 29.6 Å². The van der Waals surface area contributed by atoms with Gasteiger partial charge in [0, 0.05) is 38.6 Å². The van der Waals surface area contributed by atoms with Crippen LogP contribution in [-0.4, -0.2) is 75.8 Å². The fourth-order valence-electron chi connectivity index (χ4n) is 2.64. The van der Waals surface area contributed by atoms with Gasteiger partial charge in [-0.2, -0.15) is 0 Å². The monoisotopic (exact) mass is 316 g/mol. The van der Waals surface area contributed by atoms with E-state index in [-0.39, 0.29) is 22.2 Å². The summed E-state index contributed by atoms with van der Waals surface area (Å²) in [6, 6.07) is 1.34. The summed E-state index contributed by atoms with van der Waals surface area (Å²) in [6.45, 7) is 2.43. The molecule has 23 heavy (non-hydrogen) atoms. The van der Waals surface area contributed by atoms with Crippen molar-refractivity contribution in [3.63, 3.8) is 0 Å². The van der Waals surface area contributed by atoms with Crippen LogP contribution in [0.25, 0.3) is 11.0 Å². The summed E-state index contributed by atoms with van der Waals surface area (Å²) in [5.74, 6) is -2.37. The Hall–Kier alpha value is -2.74. The highest BCUT2D eigenvalue weighted by atomic mass is 16.4. The van der Waals surface area contributed by atoms with Gasteiger partial charge in [-0.3, -0.25) is 14.6 Å². The number of hydrogen-bond acceptors (Lipinski definition) is 5. The van der Waals surface area contributed by atoms with Gasteiger partial charge >= 0.3 is 5.97 Å². The Morgan fingerprint density at radius 2 is 1.87 bits per heavy atom. The molecule has 8 heteroatoms. The van der Waals surface area contributed by atoms with Crippen molar-refractivity contribution in [1.29, 1.82) is 0 Å². The molecule has 1 aliphatic heterocycles. The van der Waals surface area contributed by atoms with Crippen molar-refractivity contribution in [2.45, 2.75) is 0 Å². The molecule has 0 radical (unpaired) electrons. The van der Waals surface area contributed by atoms with Gasteiger partial charge in [-0.1, -0.05) is 0 Å².